The third kappa shape index (κ3) is 4.39. The zero-order chi connectivity index (χ0) is 14.5. The van der Waals surface area contributed by atoms with E-state index in [1.54, 1.807) is 18.7 Å². The van der Waals surface area contributed by atoms with Crippen LogP contribution >= 0.6 is 0 Å². The van der Waals surface area contributed by atoms with Crippen molar-refractivity contribution < 1.29 is 14.7 Å². The number of nitrogens with zero attached hydrogens (tertiary/aromatic N) is 1. The number of hydrogen-bond donors (Lipinski definition) is 1. The first kappa shape index (κ1) is 15.2. The molecule has 1 rings (SSSR count). The Hall–Kier alpha value is -1.84. The SMILES string of the molecule is CCN(Cc1ccccc1)C(=O)CC(C)(C)C(=O)O. The molecular weight excluding hydrogens is 242 g/mol. The molecule has 0 spiro atoms. The third-order valence-corrected chi connectivity index (χ3v) is 3.12. The summed E-state index contributed by atoms with van der Waals surface area (Å²) in [5, 5.41) is 9.06. The highest BCUT2D eigenvalue weighted by atomic mass is 16.4. The second kappa shape index (κ2) is 6.36. The molecule has 0 aliphatic carbocycles. The van der Waals surface area contributed by atoms with Gasteiger partial charge in [-0.25, -0.2) is 0 Å². The van der Waals surface area contributed by atoms with Crippen molar-refractivity contribution in [2.75, 3.05) is 6.54 Å². The average molecular weight is 263 g/mol. The number of carboxylic acid groups (broad SMARTS) is 1. The number of benzene rings is 1. The molecule has 1 aromatic rings. The smallest absolute Gasteiger partial charge is 0.309 e. The van der Waals surface area contributed by atoms with Gasteiger partial charge in [0.05, 0.1) is 5.41 Å². The van der Waals surface area contributed by atoms with E-state index >= 15 is 0 Å². The van der Waals surface area contributed by atoms with Crippen LogP contribution in [-0.2, 0) is 16.1 Å². The van der Waals surface area contributed by atoms with Gasteiger partial charge in [-0.3, -0.25) is 9.59 Å². The number of carbonyl (C=O) groups is 2. The van der Waals surface area contributed by atoms with Gasteiger partial charge in [0, 0.05) is 19.5 Å². The standard InChI is InChI=1S/C15H21NO3/c1-4-16(11-12-8-6-5-7-9-12)13(17)10-15(2,3)14(18)19/h5-9H,4,10-11H2,1-3H3,(H,18,19). The summed E-state index contributed by atoms with van der Waals surface area (Å²) in [5.74, 6) is -1.07. The molecule has 0 atom stereocenters. The van der Waals surface area contributed by atoms with Crippen LogP contribution in [0, 0.1) is 5.41 Å². The van der Waals surface area contributed by atoms with Crippen molar-refractivity contribution in [2.45, 2.75) is 33.7 Å². The van der Waals surface area contributed by atoms with Crippen LogP contribution in [0.2, 0.25) is 0 Å². The molecule has 1 aromatic carbocycles. The first-order valence-corrected chi connectivity index (χ1v) is 6.42. The highest BCUT2D eigenvalue weighted by Crippen LogP contribution is 2.22. The van der Waals surface area contributed by atoms with Gasteiger partial charge in [0.1, 0.15) is 0 Å². The van der Waals surface area contributed by atoms with Gasteiger partial charge in [0.15, 0.2) is 0 Å². The largest absolute Gasteiger partial charge is 0.481 e. The van der Waals surface area contributed by atoms with Crippen molar-refractivity contribution >= 4 is 11.9 Å². The molecule has 0 saturated carbocycles. The lowest BCUT2D eigenvalue weighted by Gasteiger charge is -2.25. The molecular formula is C15H21NO3. The van der Waals surface area contributed by atoms with Crippen LogP contribution in [0.25, 0.3) is 0 Å². The van der Waals surface area contributed by atoms with Crippen molar-refractivity contribution in [1.29, 1.82) is 0 Å². The molecule has 0 saturated heterocycles. The molecule has 1 N–H and O–H groups in total. The Morgan fingerprint density at radius 1 is 1.21 bits per heavy atom. The fraction of sp³-hybridized carbons (Fsp3) is 0.467. The molecule has 0 aliphatic heterocycles. The van der Waals surface area contributed by atoms with Crippen molar-refractivity contribution in [2.24, 2.45) is 5.41 Å². The molecule has 19 heavy (non-hydrogen) atoms. The fourth-order valence-corrected chi connectivity index (χ4v) is 1.75. The highest BCUT2D eigenvalue weighted by Gasteiger charge is 2.31. The third-order valence-electron chi connectivity index (χ3n) is 3.12. The Morgan fingerprint density at radius 2 is 1.79 bits per heavy atom. The maximum atomic E-state index is 12.2. The predicted octanol–water partition coefficient (Wildman–Crippen LogP) is 2.54. The van der Waals surface area contributed by atoms with Crippen LogP contribution in [0.4, 0.5) is 0 Å². The highest BCUT2D eigenvalue weighted by molar-refractivity contribution is 5.84. The zero-order valence-electron chi connectivity index (χ0n) is 11.7. The van der Waals surface area contributed by atoms with Crippen LogP contribution in [0.1, 0.15) is 32.8 Å². The van der Waals surface area contributed by atoms with Gasteiger partial charge >= 0.3 is 5.97 Å². The molecule has 4 nitrogen and oxygen atoms in total. The Balaban J connectivity index is 2.70. The lowest BCUT2D eigenvalue weighted by atomic mass is 9.89. The Kier molecular flexibility index (Phi) is 5.10. The van der Waals surface area contributed by atoms with Crippen LogP contribution in [0.15, 0.2) is 30.3 Å². The summed E-state index contributed by atoms with van der Waals surface area (Å²) < 4.78 is 0. The van der Waals surface area contributed by atoms with E-state index in [1.807, 2.05) is 37.3 Å². The summed E-state index contributed by atoms with van der Waals surface area (Å²) in [6, 6.07) is 9.69. The number of carbonyl (C=O) groups excluding carboxylic acids is 1. The van der Waals surface area contributed by atoms with E-state index < -0.39 is 11.4 Å². The minimum absolute atomic E-state index is 0.0169. The van der Waals surface area contributed by atoms with E-state index in [-0.39, 0.29) is 12.3 Å². The van der Waals surface area contributed by atoms with Crippen molar-refractivity contribution in [3.05, 3.63) is 35.9 Å². The number of amides is 1. The van der Waals surface area contributed by atoms with Crippen LogP contribution in [0.5, 0.6) is 0 Å². The number of carboxylic acids is 1. The summed E-state index contributed by atoms with van der Waals surface area (Å²) in [6.07, 6.45) is 0.0169. The van der Waals surface area contributed by atoms with Gasteiger partial charge in [0.2, 0.25) is 5.91 Å². The molecule has 0 bridgehead atoms. The number of rotatable bonds is 6. The maximum absolute atomic E-state index is 12.2. The van der Waals surface area contributed by atoms with Gasteiger partial charge in [-0.1, -0.05) is 30.3 Å². The lowest BCUT2D eigenvalue weighted by molar-refractivity contribution is -0.151. The summed E-state index contributed by atoms with van der Waals surface area (Å²) in [4.78, 5) is 24.9. The van der Waals surface area contributed by atoms with E-state index in [1.165, 1.54) is 0 Å². The molecule has 0 radical (unpaired) electrons. The molecule has 1 amide bonds. The summed E-state index contributed by atoms with van der Waals surface area (Å²) in [7, 11) is 0. The molecule has 0 aromatic heterocycles. The average Bonchev–Trinajstić information content (AvgIpc) is 2.36. The molecule has 104 valence electrons. The van der Waals surface area contributed by atoms with Gasteiger partial charge in [0.25, 0.3) is 0 Å². The first-order chi connectivity index (χ1) is 8.86. The van der Waals surface area contributed by atoms with Gasteiger partial charge in [-0.05, 0) is 26.3 Å². The second-order valence-corrected chi connectivity index (χ2v) is 5.26. The predicted molar refractivity (Wildman–Crippen MR) is 73.6 cm³/mol. The van der Waals surface area contributed by atoms with Gasteiger partial charge in [-0.2, -0.15) is 0 Å². The minimum Gasteiger partial charge on any atom is -0.481 e. The van der Waals surface area contributed by atoms with Gasteiger partial charge < -0.3 is 10.0 Å². The topological polar surface area (TPSA) is 57.6 Å². The molecule has 0 unspecified atom stereocenters. The number of hydrogen-bond acceptors (Lipinski definition) is 2. The monoisotopic (exact) mass is 263 g/mol. The Labute approximate surface area is 114 Å². The molecule has 0 fully saturated rings. The summed E-state index contributed by atoms with van der Waals surface area (Å²) in [6.45, 7) is 6.14. The van der Waals surface area contributed by atoms with E-state index in [0.29, 0.717) is 13.1 Å². The summed E-state index contributed by atoms with van der Waals surface area (Å²) >= 11 is 0. The van der Waals surface area contributed by atoms with Crippen molar-refractivity contribution in [3.63, 3.8) is 0 Å². The maximum Gasteiger partial charge on any atom is 0.309 e. The van der Waals surface area contributed by atoms with Crippen LogP contribution in [0.3, 0.4) is 0 Å². The van der Waals surface area contributed by atoms with E-state index in [9.17, 15) is 9.59 Å². The molecule has 4 heteroatoms. The Bertz CT molecular complexity index is 440. The zero-order valence-corrected chi connectivity index (χ0v) is 11.7. The lowest BCUT2D eigenvalue weighted by Crippen LogP contribution is -2.36. The second-order valence-electron chi connectivity index (χ2n) is 5.26. The van der Waals surface area contributed by atoms with Crippen molar-refractivity contribution in [3.8, 4) is 0 Å². The van der Waals surface area contributed by atoms with Crippen LogP contribution in [-0.4, -0.2) is 28.4 Å². The van der Waals surface area contributed by atoms with Gasteiger partial charge in [-0.15, -0.1) is 0 Å². The number of aliphatic carboxylic acids is 1. The van der Waals surface area contributed by atoms with E-state index in [2.05, 4.69) is 0 Å². The normalized spacial score (nSPS) is 11.1. The molecule has 0 aliphatic rings. The first-order valence-electron chi connectivity index (χ1n) is 6.42. The van der Waals surface area contributed by atoms with E-state index in [4.69, 9.17) is 5.11 Å². The van der Waals surface area contributed by atoms with E-state index in [0.717, 1.165) is 5.56 Å². The fourth-order valence-electron chi connectivity index (χ4n) is 1.75. The Morgan fingerprint density at radius 3 is 2.26 bits per heavy atom. The summed E-state index contributed by atoms with van der Waals surface area (Å²) in [5.41, 5.74) is 0.0205. The molecule has 0 heterocycles. The van der Waals surface area contributed by atoms with Crippen molar-refractivity contribution in [1.82, 2.24) is 4.90 Å². The van der Waals surface area contributed by atoms with Crippen LogP contribution < -0.4 is 0 Å². The quantitative estimate of drug-likeness (QED) is 0.858. The minimum atomic E-state index is -1.03.